The highest BCUT2D eigenvalue weighted by Gasteiger charge is 2.20. The normalized spacial score (nSPS) is 12.8. The van der Waals surface area contributed by atoms with E-state index in [1.54, 1.807) is 0 Å². The number of rotatable bonds is 28. The zero-order chi connectivity index (χ0) is 27.6. The minimum Gasteiger partial charge on any atom is -0.480 e. The van der Waals surface area contributed by atoms with Crippen LogP contribution in [0.4, 0.5) is 0 Å². The van der Waals surface area contributed by atoms with Crippen molar-refractivity contribution in [1.82, 2.24) is 5.32 Å². The fourth-order valence-electron chi connectivity index (χ4n) is 4.11. The van der Waals surface area contributed by atoms with Gasteiger partial charge < -0.3 is 21.3 Å². The minimum atomic E-state index is -1.09. The number of hydrogen-bond donors (Lipinski definition) is 4. The molecule has 0 aromatic carbocycles. The second-order valence-electron chi connectivity index (χ2n) is 10.1. The van der Waals surface area contributed by atoms with E-state index in [2.05, 4.69) is 12.2 Å². The van der Waals surface area contributed by atoms with Crippen LogP contribution < -0.4 is 11.1 Å². The Hall–Kier alpha value is -0.930. The summed E-state index contributed by atoms with van der Waals surface area (Å²) < 4.78 is 0. The van der Waals surface area contributed by atoms with Gasteiger partial charge in [-0.1, -0.05) is 144 Å². The summed E-state index contributed by atoms with van der Waals surface area (Å²) in [6.07, 6.45) is 25.0. The first-order chi connectivity index (χ1) is 17.9. The molecular weight excluding hydrogens is 508 g/mol. The van der Waals surface area contributed by atoms with E-state index in [0.29, 0.717) is 6.42 Å². The third kappa shape index (κ3) is 25.1. The molecule has 1 amide bonds. The lowest BCUT2D eigenvalue weighted by atomic mass is 10.0. The van der Waals surface area contributed by atoms with Crippen molar-refractivity contribution in [2.24, 2.45) is 5.73 Å². The highest BCUT2D eigenvalue weighted by Crippen LogP contribution is 2.23. The third-order valence-electron chi connectivity index (χ3n) is 6.52. The molecule has 0 aliphatic rings. The van der Waals surface area contributed by atoms with Crippen molar-refractivity contribution in [3.05, 3.63) is 0 Å². The quantitative estimate of drug-likeness (QED) is 0.0583. The fourth-order valence-corrected chi connectivity index (χ4v) is 6.38. The number of aliphatic carboxylic acids is 2. The average Bonchev–Trinajstić information content (AvgIpc) is 2.86. The number of carbonyl (C=O) groups excluding carboxylic acids is 1. The lowest BCUT2D eigenvalue weighted by Crippen LogP contribution is -2.42. The monoisotopic (exact) mass is 562 g/mol. The van der Waals surface area contributed by atoms with Gasteiger partial charge in [0.15, 0.2) is 0 Å². The maximum absolute atomic E-state index is 12.1. The van der Waals surface area contributed by atoms with Crippen LogP contribution in [0.1, 0.15) is 135 Å². The summed E-state index contributed by atoms with van der Waals surface area (Å²) in [5.41, 5.74) is 5.41. The van der Waals surface area contributed by atoms with Crippen LogP contribution in [0.5, 0.6) is 0 Å². The first-order valence-electron chi connectivity index (χ1n) is 14.6. The summed E-state index contributed by atoms with van der Waals surface area (Å²) in [6, 6.07) is -1.96. The van der Waals surface area contributed by atoms with Crippen LogP contribution >= 0.6 is 21.6 Å². The maximum Gasteiger partial charge on any atom is 0.327 e. The number of carboxylic acid groups (broad SMARTS) is 2. The van der Waals surface area contributed by atoms with Gasteiger partial charge in [0.05, 0.1) is 0 Å². The van der Waals surface area contributed by atoms with Gasteiger partial charge in [0, 0.05) is 17.9 Å². The zero-order valence-corrected chi connectivity index (χ0v) is 24.9. The van der Waals surface area contributed by atoms with E-state index in [9.17, 15) is 19.5 Å². The number of unbranched alkanes of at least 4 members (excludes halogenated alkanes) is 18. The Balaban J connectivity index is 3.50. The molecule has 218 valence electrons. The summed E-state index contributed by atoms with van der Waals surface area (Å²) >= 11 is 0. The molecule has 5 N–H and O–H groups in total. The lowest BCUT2D eigenvalue weighted by Gasteiger charge is -2.14. The summed E-state index contributed by atoms with van der Waals surface area (Å²) in [4.78, 5) is 34.1. The third-order valence-corrected chi connectivity index (χ3v) is 8.97. The molecule has 2 atom stereocenters. The lowest BCUT2D eigenvalue weighted by molar-refractivity contribution is -0.141. The number of carbonyl (C=O) groups is 3. The average molecular weight is 563 g/mol. The number of nitrogens with one attached hydrogen (secondary N) is 1. The second kappa shape index (κ2) is 26.7. The molecule has 0 radical (unpaired) electrons. The van der Waals surface area contributed by atoms with Crippen molar-refractivity contribution in [1.29, 1.82) is 0 Å². The molecule has 0 saturated heterocycles. The Morgan fingerprint density at radius 3 is 1.38 bits per heavy atom. The van der Waals surface area contributed by atoms with Gasteiger partial charge in [-0.2, -0.15) is 0 Å². The molecule has 0 spiro atoms. The highest BCUT2D eigenvalue weighted by atomic mass is 33.1. The zero-order valence-electron chi connectivity index (χ0n) is 23.2. The number of amides is 1. The minimum absolute atomic E-state index is 0.164. The molecule has 0 aliphatic carbocycles. The Morgan fingerprint density at radius 2 is 1.00 bits per heavy atom. The first kappa shape index (κ1) is 36.1. The predicted octanol–water partition coefficient (Wildman–Crippen LogP) is 7.17. The van der Waals surface area contributed by atoms with E-state index in [1.165, 1.54) is 124 Å². The Morgan fingerprint density at radius 1 is 0.622 bits per heavy atom. The van der Waals surface area contributed by atoms with E-state index in [1.807, 2.05) is 0 Å². The van der Waals surface area contributed by atoms with Gasteiger partial charge in [-0.15, -0.1) is 0 Å². The highest BCUT2D eigenvalue weighted by molar-refractivity contribution is 8.76. The molecular formula is C28H54N2O5S2. The van der Waals surface area contributed by atoms with Gasteiger partial charge in [0.25, 0.3) is 0 Å². The molecule has 0 fully saturated rings. The van der Waals surface area contributed by atoms with Crippen molar-refractivity contribution in [2.45, 2.75) is 147 Å². The van der Waals surface area contributed by atoms with E-state index >= 15 is 0 Å². The van der Waals surface area contributed by atoms with E-state index in [4.69, 9.17) is 10.8 Å². The van der Waals surface area contributed by atoms with Crippen molar-refractivity contribution in [3.63, 3.8) is 0 Å². The van der Waals surface area contributed by atoms with E-state index in [0.717, 1.165) is 19.3 Å². The van der Waals surface area contributed by atoms with Crippen molar-refractivity contribution in [2.75, 3.05) is 11.5 Å². The molecule has 1 unspecified atom stereocenters. The fraction of sp³-hybridized carbons (Fsp3) is 0.893. The van der Waals surface area contributed by atoms with Gasteiger partial charge in [-0.05, 0) is 6.42 Å². The van der Waals surface area contributed by atoms with Crippen molar-refractivity contribution < 1.29 is 24.6 Å². The van der Waals surface area contributed by atoms with Crippen LogP contribution in [-0.2, 0) is 14.4 Å². The van der Waals surface area contributed by atoms with Gasteiger partial charge in [0.2, 0.25) is 5.91 Å². The standard InChI is InChI=1S/C28H54N2O5S2/c1-2-3-4-5-6-7-8-9-10-11-12-13-14-15-16-17-18-19-20-21-26(31)30-25(28(34)35)23-37-36-22-24(29)27(32)33/h24-25H,2-23,29H2,1H3,(H,30,31)(H,32,33)(H,34,35)/t24?,25-/m0/s1. The van der Waals surface area contributed by atoms with E-state index < -0.39 is 24.0 Å². The molecule has 0 rings (SSSR count). The second-order valence-corrected chi connectivity index (χ2v) is 12.6. The summed E-state index contributed by atoms with van der Waals surface area (Å²) in [5, 5.41) is 20.6. The van der Waals surface area contributed by atoms with Crippen LogP contribution in [-0.4, -0.2) is 51.6 Å². The van der Waals surface area contributed by atoms with Crippen LogP contribution in [0.15, 0.2) is 0 Å². The van der Waals surface area contributed by atoms with Crippen molar-refractivity contribution >= 4 is 39.4 Å². The van der Waals surface area contributed by atoms with Gasteiger partial charge in [-0.25, -0.2) is 4.79 Å². The number of hydrogen-bond acceptors (Lipinski definition) is 6. The van der Waals surface area contributed by atoms with Crippen LogP contribution in [0.2, 0.25) is 0 Å². The molecule has 7 nitrogen and oxygen atoms in total. The van der Waals surface area contributed by atoms with Gasteiger partial charge in [-0.3, -0.25) is 9.59 Å². The molecule has 0 aromatic rings. The number of nitrogens with two attached hydrogens (primary N) is 1. The smallest absolute Gasteiger partial charge is 0.327 e. The molecule has 0 aromatic heterocycles. The van der Waals surface area contributed by atoms with Crippen LogP contribution in [0, 0.1) is 0 Å². The van der Waals surface area contributed by atoms with Crippen molar-refractivity contribution in [3.8, 4) is 0 Å². The summed E-state index contributed by atoms with van der Waals surface area (Å²) in [6.45, 7) is 2.27. The predicted molar refractivity (Wildman–Crippen MR) is 158 cm³/mol. The molecule has 0 heterocycles. The van der Waals surface area contributed by atoms with Gasteiger partial charge in [0.1, 0.15) is 12.1 Å². The molecule has 9 heteroatoms. The topological polar surface area (TPSA) is 130 Å². The first-order valence-corrected chi connectivity index (χ1v) is 17.1. The largest absolute Gasteiger partial charge is 0.480 e. The maximum atomic E-state index is 12.1. The van der Waals surface area contributed by atoms with Gasteiger partial charge >= 0.3 is 11.9 Å². The SMILES string of the molecule is CCCCCCCCCCCCCCCCCCCCCC(=O)N[C@@H](CSSCC(N)C(=O)O)C(=O)O. The summed E-state index contributed by atoms with van der Waals surface area (Å²) in [7, 11) is 2.41. The number of carboxylic acids is 2. The summed E-state index contributed by atoms with van der Waals surface area (Å²) in [5.74, 6) is -2.07. The van der Waals surface area contributed by atoms with Crippen LogP contribution in [0.25, 0.3) is 0 Å². The molecule has 0 saturated carbocycles. The van der Waals surface area contributed by atoms with Crippen LogP contribution in [0.3, 0.4) is 0 Å². The molecule has 37 heavy (non-hydrogen) atoms. The Kier molecular flexibility index (Phi) is 26.0. The molecule has 0 aliphatic heterocycles. The van der Waals surface area contributed by atoms with E-state index in [-0.39, 0.29) is 17.4 Å². The Labute approximate surface area is 233 Å². The Bertz CT molecular complexity index is 581. The molecule has 0 bridgehead atoms.